The molecule has 2 aliphatic rings. The largest absolute Gasteiger partial charge is 0.465 e. The second-order valence-electron chi connectivity index (χ2n) is 6.66. The number of nitrogens with zero attached hydrogens (tertiary/aromatic N) is 1. The van der Waals surface area contributed by atoms with Gasteiger partial charge in [0.1, 0.15) is 0 Å². The number of nitrogens with one attached hydrogen (secondary N) is 2. The van der Waals surface area contributed by atoms with E-state index in [-0.39, 0.29) is 17.9 Å². The van der Waals surface area contributed by atoms with E-state index in [9.17, 15) is 14.4 Å². The third-order valence-corrected chi connectivity index (χ3v) is 5.03. The van der Waals surface area contributed by atoms with Gasteiger partial charge in [0.25, 0.3) is 0 Å². The molecular weight excluding hydrogens is 358 g/mol. The number of rotatable bonds is 4. The molecule has 1 heterocycles. The van der Waals surface area contributed by atoms with Gasteiger partial charge < -0.3 is 20.3 Å². The summed E-state index contributed by atoms with van der Waals surface area (Å²) in [6.45, 7) is 1.10. The summed E-state index contributed by atoms with van der Waals surface area (Å²) >= 11 is 6.12. The van der Waals surface area contributed by atoms with Crippen LogP contribution in [0.25, 0.3) is 0 Å². The number of anilines is 1. The summed E-state index contributed by atoms with van der Waals surface area (Å²) in [5, 5.41) is 6.10. The molecule has 1 aromatic rings. The second-order valence-corrected chi connectivity index (χ2v) is 7.07. The van der Waals surface area contributed by atoms with Crippen LogP contribution in [-0.4, -0.2) is 49.0 Å². The number of piperidine rings is 1. The number of ether oxygens (including phenoxy) is 1. The second kappa shape index (κ2) is 7.95. The van der Waals surface area contributed by atoms with Crippen LogP contribution >= 0.6 is 11.6 Å². The van der Waals surface area contributed by atoms with Crippen molar-refractivity contribution >= 4 is 35.2 Å². The smallest absolute Gasteiger partial charge is 0.337 e. The third-order valence-electron chi connectivity index (χ3n) is 4.70. The van der Waals surface area contributed by atoms with Crippen molar-refractivity contribution in [2.24, 2.45) is 5.92 Å². The first-order valence-electron chi connectivity index (χ1n) is 8.72. The fourth-order valence-electron chi connectivity index (χ4n) is 2.94. The van der Waals surface area contributed by atoms with Crippen molar-refractivity contribution in [3.05, 3.63) is 28.8 Å². The maximum atomic E-state index is 12.5. The monoisotopic (exact) mass is 379 g/mol. The van der Waals surface area contributed by atoms with Gasteiger partial charge in [0.15, 0.2) is 0 Å². The molecule has 0 bridgehead atoms. The minimum absolute atomic E-state index is 0.0415. The molecule has 1 aromatic carbocycles. The summed E-state index contributed by atoms with van der Waals surface area (Å²) < 4.78 is 4.68. The Bertz CT molecular complexity index is 712. The number of methoxy groups -OCH3 is 1. The van der Waals surface area contributed by atoms with E-state index < -0.39 is 5.97 Å². The van der Waals surface area contributed by atoms with Crippen LogP contribution in [0.3, 0.4) is 0 Å². The molecule has 0 spiro atoms. The quantitative estimate of drug-likeness (QED) is 0.787. The van der Waals surface area contributed by atoms with Crippen LogP contribution in [0, 0.1) is 5.92 Å². The highest BCUT2D eigenvalue weighted by atomic mass is 35.5. The lowest BCUT2D eigenvalue weighted by molar-refractivity contribution is -0.121. The highest BCUT2D eigenvalue weighted by Crippen LogP contribution is 2.26. The lowest BCUT2D eigenvalue weighted by atomic mass is 9.96. The first-order valence-corrected chi connectivity index (χ1v) is 9.10. The summed E-state index contributed by atoms with van der Waals surface area (Å²) in [4.78, 5) is 38.0. The fraction of sp³-hybridized carbons (Fsp3) is 0.500. The summed E-state index contributed by atoms with van der Waals surface area (Å²) in [7, 11) is 1.29. The van der Waals surface area contributed by atoms with Crippen LogP contribution in [0.15, 0.2) is 18.2 Å². The zero-order chi connectivity index (χ0) is 18.7. The van der Waals surface area contributed by atoms with E-state index in [4.69, 9.17) is 11.6 Å². The van der Waals surface area contributed by atoms with E-state index >= 15 is 0 Å². The van der Waals surface area contributed by atoms with E-state index in [1.165, 1.54) is 13.2 Å². The summed E-state index contributed by atoms with van der Waals surface area (Å²) in [5.41, 5.74) is 0.701. The first-order chi connectivity index (χ1) is 12.5. The van der Waals surface area contributed by atoms with Gasteiger partial charge in [-0.05, 0) is 43.9 Å². The van der Waals surface area contributed by atoms with Crippen LogP contribution in [0.5, 0.6) is 0 Å². The number of amides is 3. The molecule has 1 saturated heterocycles. The Kier molecular flexibility index (Phi) is 5.66. The maximum absolute atomic E-state index is 12.5. The van der Waals surface area contributed by atoms with Gasteiger partial charge in [0.2, 0.25) is 5.91 Å². The van der Waals surface area contributed by atoms with E-state index in [1.807, 2.05) is 0 Å². The predicted octanol–water partition coefficient (Wildman–Crippen LogP) is 2.65. The highest BCUT2D eigenvalue weighted by molar-refractivity contribution is 6.33. The van der Waals surface area contributed by atoms with Gasteiger partial charge in [0.05, 0.1) is 23.4 Å². The molecule has 0 radical (unpaired) electrons. The van der Waals surface area contributed by atoms with Crippen molar-refractivity contribution in [1.82, 2.24) is 10.2 Å². The van der Waals surface area contributed by atoms with Crippen LogP contribution in [0.2, 0.25) is 5.02 Å². The Morgan fingerprint density at radius 1 is 1.15 bits per heavy atom. The summed E-state index contributed by atoms with van der Waals surface area (Å²) in [5.74, 6) is -0.846. The van der Waals surface area contributed by atoms with Crippen molar-refractivity contribution in [2.45, 2.75) is 31.7 Å². The Hall–Kier alpha value is -2.28. The Morgan fingerprint density at radius 3 is 2.46 bits per heavy atom. The van der Waals surface area contributed by atoms with Crippen LogP contribution in [0.1, 0.15) is 36.0 Å². The number of hydrogen-bond donors (Lipinski definition) is 2. The van der Waals surface area contributed by atoms with Crippen LogP contribution < -0.4 is 10.6 Å². The molecule has 8 heteroatoms. The zero-order valence-corrected chi connectivity index (χ0v) is 15.3. The van der Waals surface area contributed by atoms with E-state index in [1.54, 1.807) is 17.0 Å². The molecule has 3 amide bonds. The number of esters is 1. The normalized spacial score (nSPS) is 17.5. The molecule has 26 heavy (non-hydrogen) atoms. The summed E-state index contributed by atoms with van der Waals surface area (Å²) in [6.07, 6.45) is 3.29. The molecule has 0 aromatic heterocycles. The average molecular weight is 380 g/mol. The van der Waals surface area contributed by atoms with Crippen molar-refractivity contribution in [3.63, 3.8) is 0 Å². The number of benzene rings is 1. The van der Waals surface area contributed by atoms with Gasteiger partial charge in [-0.2, -0.15) is 0 Å². The fourth-order valence-corrected chi connectivity index (χ4v) is 3.10. The van der Waals surface area contributed by atoms with Crippen LogP contribution in [0.4, 0.5) is 10.5 Å². The third kappa shape index (κ3) is 4.46. The van der Waals surface area contributed by atoms with Gasteiger partial charge in [-0.15, -0.1) is 0 Å². The van der Waals surface area contributed by atoms with Crippen molar-refractivity contribution in [3.8, 4) is 0 Å². The van der Waals surface area contributed by atoms with Gasteiger partial charge >= 0.3 is 12.0 Å². The molecule has 1 aliphatic carbocycles. The molecule has 2 fully saturated rings. The average Bonchev–Trinajstić information content (AvgIpc) is 3.46. The van der Waals surface area contributed by atoms with Gasteiger partial charge in [-0.1, -0.05) is 11.6 Å². The highest BCUT2D eigenvalue weighted by Gasteiger charge is 2.30. The molecule has 2 N–H and O–H groups in total. The lowest BCUT2D eigenvalue weighted by Crippen LogP contribution is -2.46. The topological polar surface area (TPSA) is 87.7 Å². The molecule has 7 nitrogen and oxygen atoms in total. The molecule has 0 atom stereocenters. The van der Waals surface area contributed by atoms with Crippen molar-refractivity contribution < 1.29 is 19.1 Å². The summed E-state index contributed by atoms with van der Waals surface area (Å²) in [6, 6.07) is 4.88. The minimum Gasteiger partial charge on any atom is -0.465 e. The van der Waals surface area contributed by atoms with Crippen molar-refractivity contribution in [1.29, 1.82) is 0 Å². The van der Waals surface area contributed by atoms with Gasteiger partial charge in [0, 0.05) is 25.0 Å². The number of hydrogen-bond acceptors (Lipinski definition) is 4. The van der Waals surface area contributed by atoms with E-state index in [0.29, 0.717) is 48.2 Å². The van der Waals surface area contributed by atoms with Gasteiger partial charge in [-0.25, -0.2) is 9.59 Å². The first kappa shape index (κ1) is 18.5. The number of urea groups is 1. The zero-order valence-electron chi connectivity index (χ0n) is 14.6. The molecule has 3 rings (SSSR count). The van der Waals surface area contributed by atoms with E-state index in [2.05, 4.69) is 15.4 Å². The van der Waals surface area contributed by atoms with Gasteiger partial charge in [-0.3, -0.25) is 4.79 Å². The molecule has 1 aliphatic heterocycles. The Balaban J connectivity index is 1.55. The molecule has 140 valence electrons. The Morgan fingerprint density at radius 2 is 1.85 bits per heavy atom. The number of likely N-dealkylation sites (tertiary alicyclic amines) is 1. The Labute approximate surface area is 157 Å². The predicted molar refractivity (Wildman–Crippen MR) is 97.3 cm³/mol. The number of carbonyl (C=O) groups is 3. The SMILES string of the molecule is COC(=O)c1ccc(Cl)c(NC(=O)C2CCN(C(=O)NC3CC3)CC2)c1. The molecule has 1 saturated carbocycles. The minimum atomic E-state index is -0.493. The van der Waals surface area contributed by atoms with E-state index in [0.717, 1.165) is 12.8 Å². The number of carbonyl (C=O) groups excluding carboxylic acids is 3. The number of halogens is 1. The standard InChI is InChI=1S/C18H22ClN3O4/c1-26-17(24)12-2-5-14(19)15(10-12)21-16(23)11-6-8-22(9-7-11)18(25)20-13-3-4-13/h2,5,10-11,13H,3-4,6-9H2,1H3,(H,20,25)(H,21,23). The molecular formula is C18H22ClN3O4. The maximum Gasteiger partial charge on any atom is 0.337 e. The van der Waals surface area contributed by atoms with Crippen LogP contribution in [-0.2, 0) is 9.53 Å². The van der Waals surface area contributed by atoms with Crippen molar-refractivity contribution in [2.75, 3.05) is 25.5 Å². The lowest BCUT2D eigenvalue weighted by Gasteiger charge is -2.31. The molecule has 0 unspecified atom stereocenters.